The quantitative estimate of drug-likeness (QED) is 0.671. The van der Waals surface area contributed by atoms with Crippen LogP contribution in [-0.2, 0) is 0 Å². The van der Waals surface area contributed by atoms with Crippen molar-refractivity contribution >= 4 is 23.4 Å². The third kappa shape index (κ3) is 2.16. The van der Waals surface area contributed by atoms with E-state index in [-0.39, 0.29) is 0 Å². The Morgan fingerprint density at radius 3 is 2.61 bits per heavy atom. The Bertz CT molecular complexity index is 403. The molecule has 2 aliphatic rings. The average Bonchev–Trinajstić information content (AvgIpc) is 2.98. The highest BCUT2D eigenvalue weighted by Gasteiger charge is 2.36. The van der Waals surface area contributed by atoms with Crippen LogP contribution in [0.3, 0.4) is 0 Å². The van der Waals surface area contributed by atoms with Crippen molar-refractivity contribution in [2.24, 2.45) is 11.8 Å². The molecular formula is C13H20N4S. The summed E-state index contributed by atoms with van der Waals surface area (Å²) >= 11 is 1.60. The largest absolute Gasteiger partial charge is 0.373 e. The Morgan fingerprint density at radius 2 is 2.00 bits per heavy atom. The molecule has 3 rings (SSSR count). The summed E-state index contributed by atoms with van der Waals surface area (Å²) in [5.41, 5.74) is 0. The summed E-state index contributed by atoms with van der Waals surface area (Å²) in [6.45, 7) is 2.36. The predicted octanol–water partition coefficient (Wildman–Crippen LogP) is 2.48. The van der Waals surface area contributed by atoms with Gasteiger partial charge in [-0.3, -0.25) is 0 Å². The number of nitrogens with one attached hydrogen (secondary N) is 1. The van der Waals surface area contributed by atoms with E-state index in [1.165, 1.54) is 32.4 Å². The molecule has 0 amide bonds. The van der Waals surface area contributed by atoms with E-state index in [2.05, 4.69) is 26.3 Å². The van der Waals surface area contributed by atoms with Gasteiger partial charge in [0.1, 0.15) is 11.6 Å². The lowest BCUT2D eigenvalue weighted by molar-refractivity contribution is 0.494. The zero-order valence-electron chi connectivity index (χ0n) is 11.0. The van der Waals surface area contributed by atoms with Crippen molar-refractivity contribution < 1.29 is 0 Å². The minimum Gasteiger partial charge on any atom is -0.373 e. The van der Waals surface area contributed by atoms with Crippen molar-refractivity contribution in [3.63, 3.8) is 0 Å². The van der Waals surface area contributed by atoms with Crippen LogP contribution in [0.1, 0.15) is 19.3 Å². The van der Waals surface area contributed by atoms with Crippen molar-refractivity contribution in [1.82, 2.24) is 9.97 Å². The van der Waals surface area contributed by atoms with E-state index < -0.39 is 0 Å². The average molecular weight is 264 g/mol. The normalized spacial score (nSPS) is 26.4. The first kappa shape index (κ1) is 12.1. The van der Waals surface area contributed by atoms with Crippen LogP contribution in [0.4, 0.5) is 11.6 Å². The van der Waals surface area contributed by atoms with Crippen molar-refractivity contribution in [3.05, 3.63) is 6.07 Å². The van der Waals surface area contributed by atoms with E-state index in [0.717, 1.165) is 28.6 Å². The highest BCUT2D eigenvalue weighted by atomic mass is 32.2. The second-order valence-corrected chi connectivity index (χ2v) is 5.98. The number of nitrogens with zero attached hydrogens (tertiary/aromatic N) is 3. The van der Waals surface area contributed by atoms with Gasteiger partial charge in [0.2, 0.25) is 0 Å². The first-order chi connectivity index (χ1) is 8.80. The topological polar surface area (TPSA) is 41.0 Å². The van der Waals surface area contributed by atoms with E-state index in [9.17, 15) is 0 Å². The van der Waals surface area contributed by atoms with Gasteiger partial charge in [-0.25, -0.2) is 9.97 Å². The lowest BCUT2D eigenvalue weighted by Gasteiger charge is -2.19. The van der Waals surface area contributed by atoms with Crippen LogP contribution in [0.25, 0.3) is 0 Å². The molecule has 1 saturated carbocycles. The Hall–Kier alpha value is -0.970. The molecule has 18 heavy (non-hydrogen) atoms. The Morgan fingerprint density at radius 1 is 1.28 bits per heavy atom. The minimum absolute atomic E-state index is 0.855. The molecule has 1 aromatic rings. The van der Waals surface area contributed by atoms with Crippen LogP contribution in [0, 0.1) is 11.8 Å². The van der Waals surface area contributed by atoms with Crippen molar-refractivity contribution in [1.29, 1.82) is 0 Å². The van der Waals surface area contributed by atoms with Gasteiger partial charge >= 0.3 is 0 Å². The monoisotopic (exact) mass is 264 g/mol. The Kier molecular flexibility index (Phi) is 3.33. The van der Waals surface area contributed by atoms with Gasteiger partial charge in [-0.2, -0.15) is 0 Å². The number of thioether (sulfide) groups is 1. The number of hydrogen-bond acceptors (Lipinski definition) is 5. The highest BCUT2D eigenvalue weighted by molar-refractivity contribution is 7.98. The van der Waals surface area contributed by atoms with Crippen LogP contribution in [0.5, 0.6) is 0 Å². The molecule has 2 heterocycles. The fourth-order valence-corrected chi connectivity index (χ4v) is 3.59. The van der Waals surface area contributed by atoms with Crippen molar-refractivity contribution in [2.45, 2.75) is 24.4 Å². The summed E-state index contributed by atoms with van der Waals surface area (Å²) in [5.74, 6) is 3.81. The maximum atomic E-state index is 4.65. The first-order valence-corrected chi connectivity index (χ1v) is 7.88. The smallest absolute Gasteiger partial charge is 0.191 e. The molecule has 2 unspecified atom stereocenters. The summed E-state index contributed by atoms with van der Waals surface area (Å²) in [5, 5.41) is 3.98. The third-order valence-electron chi connectivity index (χ3n) is 4.18. The maximum absolute atomic E-state index is 4.65. The fraction of sp³-hybridized carbons (Fsp3) is 0.692. The number of rotatable bonds is 3. The van der Waals surface area contributed by atoms with Gasteiger partial charge in [-0.1, -0.05) is 18.2 Å². The SMILES string of the molecule is CNc1cc(N2CC3CCCC3C2)nc(SC)n1. The molecule has 2 fully saturated rings. The van der Waals surface area contributed by atoms with Gasteiger partial charge in [0.25, 0.3) is 0 Å². The molecule has 98 valence electrons. The number of aromatic nitrogens is 2. The van der Waals surface area contributed by atoms with Crippen molar-refractivity contribution in [2.75, 3.05) is 36.6 Å². The second kappa shape index (κ2) is 4.96. The minimum atomic E-state index is 0.855. The molecule has 2 atom stereocenters. The molecule has 5 heteroatoms. The second-order valence-electron chi connectivity index (χ2n) is 5.20. The molecule has 1 N–H and O–H groups in total. The van der Waals surface area contributed by atoms with Gasteiger partial charge in [0.15, 0.2) is 5.16 Å². The maximum Gasteiger partial charge on any atom is 0.191 e. The molecule has 0 radical (unpaired) electrons. The van der Waals surface area contributed by atoms with Gasteiger partial charge in [0, 0.05) is 26.2 Å². The number of hydrogen-bond donors (Lipinski definition) is 1. The standard InChI is InChI=1S/C13H20N4S/c1-14-11-6-12(16-13(15-11)18-2)17-7-9-4-3-5-10(9)8-17/h6,9-10H,3-5,7-8H2,1-2H3,(H,14,15,16). The van der Waals surface area contributed by atoms with E-state index in [4.69, 9.17) is 0 Å². The third-order valence-corrected chi connectivity index (χ3v) is 4.73. The van der Waals surface area contributed by atoms with Crippen LogP contribution in [-0.4, -0.2) is 36.4 Å². The van der Waals surface area contributed by atoms with Crippen LogP contribution < -0.4 is 10.2 Å². The summed E-state index contributed by atoms with van der Waals surface area (Å²) in [6, 6.07) is 2.07. The van der Waals surface area contributed by atoms with E-state index in [1.807, 2.05) is 13.3 Å². The number of fused-ring (bicyclic) bond motifs is 1. The summed E-state index contributed by atoms with van der Waals surface area (Å²) in [7, 11) is 1.91. The lowest BCUT2D eigenvalue weighted by Crippen LogP contribution is -2.22. The zero-order chi connectivity index (χ0) is 12.5. The summed E-state index contributed by atoms with van der Waals surface area (Å²) in [6.07, 6.45) is 6.25. The van der Waals surface area contributed by atoms with Crippen molar-refractivity contribution in [3.8, 4) is 0 Å². The summed E-state index contributed by atoms with van der Waals surface area (Å²) in [4.78, 5) is 11.5. The van der Waals surface area contributed by atoms with E-state index in [0.29, 0.717) is 0 Å². The Balaban J connectivity index is 1.83. The van der Waals surface area contributed by atoms with E-state index in [1.54, 1.807) is 11.8 Å². The van der Waals surface area contributed by atoms with Gasteiger partial charge < -0.3 is 10.2 Å². The Labute approximate surface area is 113 Å². The highest BCUT2D eigenvalue weighted by Crippen LogP contribution is 2.39. The lowest BCUT2D eigenvalue weighted by atomic mass is 10.0. The molecule has 1 aromatic heterocycles. The summed E-state index contributed by atoms with van der Waals surface area (Å²) < 4.78 is 0. The van der Waals surface area contributed by atoms with Crippen LogP contribution in [0.2, 0.25) is 0 Å². The fourth-order valence-electron chi connectivity index (χ4n) is 3.22. The molecule has 1 aliphatic carbocycles. The molecule has 1 saturated heterocycles. The van der Waals surface area contributed by atoms with Gasteiger partial charge in [-0.15, -0.1) is 0 Å². The number of anilines is 2. The predicted molar refractivity (Wildman–Crippen MR) is 76.4 cm³/mol. The van der Waals surface area contributed by atoms with E-state index >= 15 is 0 Å². The molecule has 4 nitrogen and oxygen atoms in total. The van der Waals surface area contributed by atoms with Crippen LogP contribution >= 0.6 is 11.8 Å². The van der Waals surface area contributed by atoms with Gasteiger partial charge in [-0.05, 0) is 30.9 Å². The molecule has 0 bridgehead atoms. The van der Waals surface area contributed by atoms with Gasteiger partial charge in [0.05, 0.1) is 0 Å². The zero-order valence-corrected chi connectivity index (χ0v) is 11.8. The molecule has 1 aliphatic heterocycles. The molecular weight excluding hydrogens is 244 g/mol. The first-order valence-electron chi connectivity index (χ1n) is 6.66. The molecule has 0 spiro atoms. The van der Waals surface area contributed by atoms with Crippen LogP contribution in [0.15, 0.2) is 11.2 Å². The molecule has 0 aromatic carbocycles.